The normalized spacial score (nSPS) is 32.2. The van der Waals surface area contributed by atoms with Crippen molar-refractivity contribution >= 4 is 35.5 Å². The molecule has 26 heavy (non-hydrogen) atoms. The molecule has 3 saturated heterocycles. The van der Waals surface area contributed by atoms with Crippen molar-refractivity contribution in [3.05, 3.63) is 35.9 Å². The first kappa shape index (κ1) is 16.9. The number of hydrogen-bond donors (Lipinski definition) is 2. The quantitative estimate of drug-likeness (QED) is 0.551. The Kier molecular flexibility index (Phi) is 3.91. The van der Waals surface area contributed by atoms with Crippen LogP contribution in [0.25, 0.3) is 0 Å². The number of benzene rings is 1. The Bertz CT molecular complexity index is 800. The molecule has 0 aliphatic carbocycles. The zero-order valence-corrected chi connectivity index (χ0v) is 14.4. The maximum absolute atomic E-state index is 12.6. The number of carboxylic acids is 1. The van der Waals surface area contributed by atoms with Crippen LogP contribution in [0.4, 0.5) is 0 Å². The average Bonchev–Trinajstić information content (AvgIpc) is 2.96. The number of nitrogens with zero attached hydrogens (tertiary/aromatic N) is 1. The molecule has 136 valence electrons. The number of fused-ring (bicyclic) bond motifs is 3. The molecule has 3 aliphatic heterocycles. The number of ether oxygens (including phenoxy) is 1. The molecule has 2 N–H and O–H groups in total. The summed E-state index contributed by atoms with van der Waals surface area (Å²) in [6.45, 7) is 0. The SMILES string of the molecule is O=C(Cc1ccccc1)N[C@@H]1C(=O)N2[C@@H]1CS[C@@H]1CC(=O)O[C@@]12C(=O)O. The Morgan fingerprint density at radius 2 is 2.04 bits per heavy atom. The second kappa shape index (κ2) is 6.01. The zero-order chi connectivity index (χ0) is 18.5. The number of esters is 1. The molecular weight excluding hydrogens is 360 g/mol. The van der Waals surface area contributed by atoms with Crippen LogP contribution in [-0.2, 0) is 30.3 Å². The van der Waals surface area contributed by atoms with E-state index in [1.807, 2.05) is 30.3 Å². The molecule has 0 spiro atoms. The first-order chi connectivity index (χ1) is 12.4. The van der Waals surface area contributed by atoms with Crippen LogP contribution in [0.5, 0.6) is 0 Å². The lowest BCUT2D eigenvalue weighted by Crippen LogP contribution is -2.82. The second-order valence-electron chi connectivity index (χ2n) is 6.48. The van der Waals surface area contributed by atoms with E-state index in [2.05, 4.69) is 5.32 Å². The molecule has 4 atom stereocenters. The van der Waals surface area contributed by atoms with Crippen molar-refractivity contribution in [3.63, 3.8) is 0 Å². The van der Waals surface area contributed by atoms with E-state index in [4.69, 9.17) is 4.74 Å². The van der Waals surface area contributed by atoms with Crippen molar-refractivity contribution < 1.29 is 29.0 Å². The van der Waals surface area contributed by atoms with E-state index in [1.165, 1.54) is 11.8 Å². The molecule has 0 unspecified atom stereocenters. The maximum atomic E-state index is 12.6. The maximum Gasteiger partial charge on any atom is 0.371 e. The molecule has 0 bridgehead atoms. The number of carbonyl (C=O) groups is 4. The summed E-state index contributed by atoms with van der Waals surface area (Å²) >= 11 is 1.29. The molecule has 1 aromatic rings. The summed E-state index contributed by atoms with van der Waals surface area (Å²) in [6, 6.07) is 7.81. The van der Waals surface area contributed by atoms with Crippen LogP contribution in [-0.4, -0.2) is 62.6 Å². The third-order valence-corrected chi connectivity index (χ3v) is 6.36. The first-order valence-electron chi connectivity index (χ1n) is 8.17. The molecule has 0 radical (unpaired) electrons. The molecule has 0 saturated carbocycles. The van der Waals surface area contributed by atoms with Crippen molar-refractivity contribution in [1.82, 2.24) is 10.2 Å². The Labute approximate surface area is 152 Å². The van der Waals surface area contributed by atoms with Gasteiger partial charge in [0.15, 0.2) is 0 Å². The van der Waals surface area contributed by atoms with Gasteiger partial charge in [-0.05, 0) is 5.56 Å². The monoisotopic (exact) mass is 376 g/mol. The molecule has 8 nitrogen and oxygen atoms in total. The van der Waals surface area contributed by atoms with E-state index in [0.29, 0.717) is 5.75 Å². The number of hydrogen-bond acceptors (Lipinski definition) is 6. The minimum Gasteiger partial charge on any atom is -0.477 e. The van der Waals surface area contributed by atoms with Gasteiger partial charge in [-0.15, -0.1) is 11.8 Å². The summed E-state index contributed by atoms with van der Waals surface area (Å²) in [6.07, 6.45) is 0.0880. The van der Waals surface area contributed by atoms with Gasteiger partial charge < -0.3 is 15.2 Å². The third kappa shape index (κ3) is 2.38. The van der Waals surface area contributed by atoms with Crippen molar-refractivity contribution in [1.29, 1.82) is 0 Å². The second-order valence-corrected chi connectivity index (χ2v) is 7.72. The highest BCUT2D eigenvalue weighted by molar-refractivity contribution is 8.00. The van der Waals surface area contributed by atoms with Crippen LogP contribution in [0.15, 0.2) is 30.3 Å². The zero-order valence-electron chi connectivity index (χ0n) is 13.6. The summed E-state index contributed by atoms with van der Waals surface area (Å²) in [4.78, 5) is 49.4. The van der Waals surface area contributed by atoms with Crippen LogP contribution in [0.3, 0.4) is 0 Å². The van der Waals surface area contributed by atoms with E-state index in [1.54, 1.807) is 0 Å². The van der Waals surface area contributed by atoms with Gasteiger partial charge in [0.25, 0.3) is 11.6 Å². The van der Waals surface area contributed by atoms with E-state index < -0.39 is 40.9 Å². The van der Waals surface area contributed by atoms with Gasteiger partial charge in [-0.3, -0.25) is 19.3 Å². The standard InChI is InChI=1S/C17H16N2O6S/c20-12(6-9-4-2-1-3-5-9)18-14-10-8-26-11-7-13(21)25-17(11,16(23)24)19(10)15(14)22/h1-5,10-11,14H,6-8H2,(H,18,20)(H,23,24)/t10-,11-,14+,17-/m1/s1. The fraction of sp³-hybridized carbons (Fsp3) is 0.412. The molecular formula is C17H16N2O6S. The average molecular weight is 376 g/mol. The van der Waals surface area contributed by atoms with E-state index in [0.717, 1.165) is 10.5 Å². The van der Waals surface area contributed by atoms with E-state index >= 15 is 0 Å². The van der Waals surface area contributed by atoms with Gasteiger partial charge in [0.05, 0.1) is 24.1 Å². The van der Waals surface area contributed by atoms with Crippen LogP contribution < -0.4 is 5.32 Å². The lowest BCUT2D eigenvalue weighted by molar-refractivity contribution is -0.213. The fourth-order valence-corrected chi connectivity index (χ4v) is 5.25. The van der Waals surface area contributed by atoms with Gasteiger partial charge in [-0.1, -0.05) is 30.3 Å². The molecule has 3 fully saturated rings. The predicted octanol–water partition coefficient (Wildman–Crippen LogP) is -0.232. The molecule has 9 heteroatoms. The van der Waals surface area contributed by atoms with Crippen LogP contribution in [0.1, 0.15) is 12.0 Å². The van der Waals surface area contributed by atoms with Gasteiger partial charge >= 0.3 is 11.9 Å². The highest BCUT2D eigenvalue weighted by Gasteiger charge is 2.71. The Hall–Kier alpha value is -2.55. The number of β-lactam (4-membered cyclic amide) rings is 1. The predicted molar refractivity (Wildman–Crippen MR) is 90.0 cm³/mol. The summed E-state index contributed by atoms with van der Waals surface area (Å²) in [5.74, 6) is -2.38. The number of amides is 2. The summed E-state index contributed by atoms with van der Waals surface area (Å²) in [7, 11) is 0. The number of carbonyl (C=O) groups excluding carboxylic acids is 3. The minimum atomic E-state index is -1.96. The topological polar surface area (TPSA) is 113 Å². The Balaban J connectivity index is 1.49. The highest BCUT2D eigenvalue weighted by Crippen LogP contribution is 2.49. The molecule has 0 aromatic heterocycles. The smallest absolute Gasteiger partial charge is 0.371 e. The van der Waals surface area contributed by atoms with Crippen molar-refractivity contribution in [2.24, 2.45) is 0 Å². The molecule has 3 heterocycles. The summed E-state index contributed by atoms with van der Waals surface area (Å²) in [5, 5.41) is 11.7. The van der Waals surface area contributed by atoms with Gasteiger partial charge in [0, 0.05) is 5.75 Å². The number of carboxylic acid groups (broad SMARTS) is 1. The van der Waals surface area contributed by atoms with E-state index in [-0.39, 0.29) is 18.7 Å². The number of nitrogens with one attached hydrogen (secondary N) is 1. The van der Waals surface area contributed by atoms with Crippen molar-refractivity contribution in [2.75, 3.05) is 5.75 Å². The molecule has 2 amide bonds. The number of aliphatic carboxylic acids is 1. The Morgan fingerprint density at radius 3 is 2.73 bits per heavy atom. The van der Waals surface area contributed by atoms with Crippen molar-refractivity contribution in [3.8, 4) is 0 Å². The Morgan fingerprint density at radius 1 is 1.31 bits per heavy atom. The van der Waals surface area contributed by atoms with E-state index in [9.17, 15) is 24.3 Å². The van der Waals surface area contributed by atoms with Crippen LogP contribution in [0.2, 0.25) is 0 Å². The largest absolute Gasteiger partial charge is 0.477 e. The number of thioether (sulfide) groups is 1. The first-order valence-corrected chi connectivity index (χ1v) is 9.21. The molecule has 3 aliphatic rings. The van der Waals surface area contributed by atoms with Gasteiger partial charge in [0.2, 0.25) is 5.91 Å². The summed E-state index contributed by atoms with van der Waals surface area (Å²) in [5.41, 5.74) is -1.14. The van der Waals surface area contributed by atoms with Gasteiger partial charge in [0.1, 0.15) is 6.04 Å². The lowest BCUT2D eigenvalue weighted by Gasteiger charge is -2.56. The van der Waals surface area contributed by atoms with Gasteiger partial charge in [-0.2, -0.15) is 0 Å². The van der Waals surface area contributed by atoms with Crippen molar-refractivity contribution in [2.45, 2.75) is 35.9 Å². The fourth-order valence-electron chi connectivity index (χ4n) is 3.74. The van der Waals surface area contributed by atoms with Crippen LogP contribution >= 0.6 is 11.8 Å². The molecule has 1 aromatic carbocycles. The molecule has 4 rings (SSSR count). The lowest BCUT2D eigenvalue weighted by atomic mass is 9.89. The van der Waals surface area contributed by atoms with Crippen LogP contribution in [0, 0.1) is 0 Å². The number of rotatable bonds is 4. The van der Waals surface area contributed by atoms with Gasteiger partial charge in [-0.25, -0.2) is 4.79 Å². The minimum absolute atomic E-state index is 0.0432. The third-order valence-electron chi connectivity index (χ3n) is 4.93. The summed E-state index contributed by atoms with van der Waals surface area (Å²) < 4.78 is 5.10. The highest BCUT2D eigenvalue weighted by atomic mass is 32.2.